The van der Waals surface area contributed by atoms with E-state index in [0.717, 1.165) is 34.6 Å². The standard InChI is InChI=1S/C26H26N2O2/c1-2-10-21-13-6-9-16-25(21)30-19-22(29)18-28-24-15-8-7-14-23(24)27-26(28)17-20-11-4-3-5-12-20/h2-9,11-16,22,29H,1,10,17-19H2. The van der Waals surface area contributed by atoms with Crippen molar-refractivity contribution in [1.82, 2.24) is 9.55 Å². The van der Waals surface area contributed by atoms with Gasteiger partial charge in [0, 0.05) is 6.42 Å². The molecule has 1 unspecified atom stereocenters. The lowest BCUT2D eigenvalue weighted by atomic mass is 10.1. The van der Waals surface area contributed by atoms with Crippen molar-refractivity contribution in [3.05, 3.63) is 108 Å². The van der Waals surface area contributed by atoms with E-state index in [0.29, 0.717) is 13.0 Å². The van der Waals surface area contributed by atoms with E-state index >= 15 is 0 Å². The van der Waals surface area contributed by atoms with Crippen molar-refractivity contribution in [2.45, 2.75) is 25.5 Å². The Balaban J connectivity index is 1.52. The number of fused-ring (bicyclic) bond motifs is 1. The molecular weight excluding hydrogens is 372 g/mol. The molecule has 1 N–H and O–H groups in total. The summed E-state index contributed by atoms with van der Waals surface area (Å²) in [4.78, 5) is 4.82. The van der Waals surface area contributed by atoms with Gasteiger partial charge in [0.2, 0.25) is 0 Å². The van der Waals surface area contributed by atoms with Gasteiger partial charge in [-0.25, -0.2) is 4.98 Å². The SMILES string of the molecule is C=CCc1ccccc1OCC(O)Cn1c(Cc2ccccc2)nc2ccccc21. The zero-order chi connectivity index (χ0) is 20.8. The Kier molecular flexibility index (Phi) is 6.26. The molecule has 0 saturated heterocycles. The topological polar surface area (TPSA) is 47.3 Å². The number of aromatic nitrogens is 2. The molecular formula is C26H26N2O2. The number of aliphatic hydroxyl groups excluding tert-OH is 1. The summed E-state index contributed by atoms with van der Waals surface area (Å²) in [7, 11) is 0. The fourth-order valence-electron chi connectivity index (χ4n) is 3.66. The van der Waals surface area contributed by atoms with Crippen molar-refractivity contribution in [2.75, 3.05) is 6.61 Å². The normalized spacial score (nSPS) is 12.0. The van der Waals surface area contributed by atoms with Gasteiger partial charge in [0.15, 0.2) is 0 Å². The molecule has 1 heterocycles. The molecule has 0 aliphatic rings. The first-order chi connectivity index (χ1) is 14.7. The summed E-state index contributed by atoms with van der Waals surface area (Å²) < 4.78 is 8.04. The number of rotatable bonds is 9. The number of aliphatic hydroxyl groups is 1. The van der Waals surface area contributed by atoms with Crippen LogP contribution in [-0.4, -0.2) is 27.4 Å². The molecule has 4 nitrogen and oxygen atoms in total. The highest BCUT2D eigenvalue weighted by Gasteiger charge is 2.15. The summed E-state index contributed by atoms with van der Waals surface area (Å²) in [5.41, 5.74) is 4.22. The minimum absolute atomic E-state index is 0.214. The number of ether oxygens (including phenoxy) is 1. The van der Waals surface area contributed by atoms with Crippen LogP contribution in [0.3, 0.4) is 0 Å². The molecule has 3 aromatic carbocycles. The highest BCUT2D eigenvalue weighted by molar-refractivity contribution is 5.76. The zero-order valence-electron chi connectivity index (χ0n) is 16.9. The first-order valence-electron chi connectivity index (χ1n) is 10.2. The Morgan fingerprint density at radius 1 is 0.967 bits per heavy atom. The first kappa shape index (κ1) is 19.9. The van der Waals surface area contributed by atoms with Gasteiger partial charge < -0.3 is 14.4 Å². The molecule has 0 spiro atoms. The van der Waals surface area contributed by atoms with E-state index in [-0.39, 0.29) is 6.61 Å². The predicted octanol–water partition coefficient (Wildman–Crippen LogP) is 4.80. The lowest BCUT2D eigenvalue weighted by Gasteiger charge is -2.17. The van der Waals surface area contributed by atoms with Gasteiger partial charge in [-0.1, -0.05) is 66.7 Å². The van der Waals surface area contributed by atoms with E-state index in [1.165, 1.54) is 5.56 Å². The molecule has 0 aliphatic heterocycles. The predicted molar refractivity (Wildman–Crippen MR) is 121 cm³/mol. The minimum Gasteiger partial charge on any atom is -0.491 e. The smallest absolute Gasteiger partial charge is 0.122 e. The van der Waals surface area contributed by atoms with Crippen LogP contribution >= 0.6 is 0 Å². The molecule has 1 atom stereocenters. The summed E-state index contributed by atoms with van der Waals surface area (Å²) in [5.74, 6) is 1.73. The van der Waals surface area contributed by atoms with Crippen LogP contribution in [0.1, 0.15) is 17.0 Å². The van der Waals surface area contributed by atoms with E-state index < -0.39 is 6.10 Å². The highest BCUT2D eigenvalue weighted by atomic mass is 16.5. The van der Waals surface area contributed by atoms with Crippen LogP contribution in [0.15, 0.2) is 91.5 Å². The van der Waals surface area contributed by atoms with E-state index in [1.807, 2.05) is 72.8 Å². The van der Waals surface area contributed by atoms with E-state index in [1.54, 1.807) is 0 Å². The molecule has 4 heteroatoms. The average molecular weight is 399 g/mol. The van der Waals surface area contributed by atoms with Crippen molar-refractivity contribution < 1.29 is 9.84 Å². The van der Waals surface area contributed by atoms with Gasteiger partial charge in [-0.05, 0) is 35.7 Å². The number of imidazole rings is 1. The van der Waals surface area contributed by atoms with Crippen molar-refractivity contribution in [1.29, 1.82) is 0 Å². The lowest BCUT2D eigenvalue weighted by molar-refractivity contribution is 0.0924. The summed E-state index contributed by atoms with van der Waals surface area (Å²) in [6.45, 7) is 4.44. The Morgan fingerprint density at radius 2 is 1.70 bits per heavy atom. The number of para-hydroxylation sites is 3. The Bertz CT molecular complexity index is 1120. The van der Waals surface area contributed by atoms with E-state index in [9.17, 15) is 5.11 Å². The van der Waals surface area contributed by atoms with Crippen molar-refractivity contribution >= 4 is 11.0 Å². The molecule has 4 aromatic rings. The summed E-state index contributed by atoms with van der Waals surface area (Å²) >= 11 is 0. The Morgan fingerprint density at radius 3 is 2.53 bits per heavy atom. The highest BCUT2D eigenvalue weighted by Crippen LogP contribution is 2.21. The van der Waals surface area contributed by atoms with E-state index in [2.05, 4.69) is 23.3 Å². The zero-order valence-corrected chi connectivity index (χ0v) is 16.9. The van der Waals surface area contributed by atoms with Crippen LogP contribution in [0.5, 0.6) is 5.75 Å². The maximum atomic E-state index is 10.8. The second-order valence-corrected chi connectivity index (χ2v) is 7.36. The second-order valence-electron chi connectivity index (χ2n) is 7.36. The van der Waals surface area contributed by atoms with Gasteiger partial charge in [0.05, 0.1) is 17.6 Å². The molecule has 0 amide bonds. The quantitative estimate of drug-likeness (QED) is 0.412. The van der Waals surface area contributed by atoms with Crippen LogP contribution in [0.4, 0.5) is 0 Å². The van der Waals surface area contributed by atoms with Crippen LogP contribution in [0.25, 0.3) is 11.0 Å². The molecule has 0 radical (unpaired) electrons. The van der Waals surface area contributed by atoms with Gasteiger partial charge in [0.25, 0.3) is 0 Å². The monoisotopic (exact) mass is 398 g/mol. The van der Waals surface area contributed by atoms with Crippen LogP contribution in [0.2, 0.25) is 0 Å². The first-order valence-corrected chi connectivity index (χ1v) is 10.2. The third-order valence-corrected chi connectivity index (χ3v) is 5.10. The molecule has 0 fully saturated rings. The lowest BCUT2D eigenvalue weighted by Crippen LogP contribution is -2.25. The summed E-state index contributed by atoms with van der Waals surface area (Å²) in [6, 6.07) is 26.2. The largest absolute Gasteiger partial charge is 0.491 e. The molecule has 0 bridgehead atoms. The fraction of sp³-hybridized carbons (Fsp3) is 0.192. The van der Waals surface area contributed by atoms with Gasteiger partial charge in [-0.15, -0.1) is 6.58 Å². The molecule has 1 aromatic heterocycles. The van der Waals surface area contributed by atoms with Crippen molar-refractivity contribution in [3.63, 3.8) is 0 Å². The number of nitrogens with zero attached hydrogens (tertiary/aromatic N) is 2. The number of hydrogen-bond donors (Lipinski definition) is 1. The van der Waals surface area contributed by atoms with Crippen LogP contribution in [-0.2, 0) is 19.4 Å². The third kappa shape index (κ3) is 4.61. The molecule has 152 valence electrons. The molecule has 0 aliphatic carbocycles. The maximum absolute atomic E-state index is 10.8. The van der Waals surface area contributed by atoms with Gasteiger partial charge in [-0.3, -0.25) is 0 Å². The van der Waals surface area contributed by atoms with Crippen molar-refractivity contribution in [3.8, 4) is 5.75 Å². The average Bonchev–Trinajstić information content (AvgIpc) is 3.11. The van der Waals surface area contributed by atoms with E-state index in [4.69, 9.17) is 9.72 Å². The number of benzene rings is 3. The molecule has 30 heavy (non-hydrogen) atoms. The van der Waals surface area contributed by atoms with Crippen molar-refractivity contribution in [2.24, 2.45) is 0 Å². The van der Waals surface area contributed by atoms with Gasteiger partial charge in [0.1, 0.15) is 24.3 Å². The van der Waals surface area contributed by atoms with Gasteiger partial charge in [-0.2, -0.15) is 0 Å². The Labute approximate surface area is 177 Å². The minimum atomic E-state index is -0.658. The van der Waals surface area contributed by atoms with Gasteiger partial charge >= 0.3 is 0 Å². The third-order valence-electron chi connectivity index (χ3n) is 5.10. The fourth-order valence-corrected chi connectivity index (χ4v) is 3.66. The maximum Gasteiger partial charge on any atom is 0.122 e. The summed E-state index contributed by atoms with van der Waals surface area (Å²) in [6.07, 6.45) is 2.64. The van der Waals surface area contributed by atoms with Crippen LogP contribution in [0, 0.1) is 0 Å². The number of allylic oxidation sites excluding steroid dienone is 1. The summed E-state index contributed by atoms with van der Waals surface area (Å²) in [5, 5.41) is 10.8. The van der Waals surface area contributed by atoms with Crippen LogP contribution < -0.4 is 4.74 Å². The second kappa shape index (κ2) is 9.42. The number of hydrogen-bond acceptors (Lipinski definition) is 3. The molecule has 4 rings (SSSR count). The Hall–Kier alpha value is -3.37. The molecule has 0 saturated carbocycles.